The van der Waals surface area contributed by atoms with Crippen molar-refractivity contribution in [2.45, 2.75) is 57.8 Å². The third kappa shape index (κ3) is 5.52. The summed E-state index contributed by atoms with van der Waals surface area (Å²) in [5.41, 5.74) is 3.40. The highest BCUT2D eigenvalue weighted by atomic mass is 32.2. The highest BCUT2D eigenvalue weighted by Crippen LogP contribution is 2.23. The molecule has 0 heterocycles. The SMILES string of the molecule is CC(C)=C(CS(=O)(=O)c1ccc(C)cc1)OCC=C1CCCCC1. The molecule has 0 amide bonds. The molecule has 1 aliphatic rings. The van der Waals surface area contributed by atoms with E-state index >= 15 is 0 Å². The maximum absolute atomic E-state index is 12.6. The van der Waals surface area contributed by atoms with Crippen LogP contribution in [0.4, 0.5) is 0 Å². The molecule has 2 rings (SSSR count). The van der Waals surface area contributed by atoms with Crippen molar-refractivity contribution in [3.8, 4) is 0 Å². The minimum Gasteiger partial charge on any atom is -0.493 e. The van der Waals surface area contributed by atoms with Crippen molar-refractivity contribution in [3.05, 3.63) is 52.8 Å². The molecule has 0 saturated heterocycles. The van der Waals surface area contributed by atoms with E-state index in [1.165, 1.54) is 24.8 Å². The first kappa shape index (κ1) is 18.8. The largest absolute Gasteiger partial charge is 0.493 e. The van der Waals surface area contributed by atoms with E-state index in [0.29, 0.717) is 17.3 Å². The van der Waals surface area contributed by atoms with Crippen LogP contribution in [0.15, 0.2) is 52.1 Å². The Morgan fingerprint density at radius 2 is 1.71 bits per heavy atom. The van der Waals surface area contributed by atoms with Crippen LogP contribution in [0.2, 0.25) is 0 Å². The molecule has 0 aromatic heterocycles. The van der Waals surface area contributed by atoms with E-state index in [1.54, 1.807) is 12.1 Å². The Labute approximate surface area is 146 Å². The van der Waals surface area contributed by atoms with E-state index in [1.807, 2.05) is 32.9 Å². The molecule has 1 aromatic carbocycles. The molecule has 0 spiro atoms. The third-order valence-corrected chi connectivity index (χ3v) is 6.02. The molecule has 4 heteroatoms. The van der Waals surface area contributed by atoms with Gasteiger partial charge in [0, 0.05) is 0 Å². The summed E-state index contributed by atoms with van der Waals surface area (Å²) in [6.07, 6.45) is 8.24. The van der Waals surface area contributed by atoms with Gasteiger partial charge in [0.15, 0.2) is 9.84 Å². The van der Waals surface area contributed by atoms with Gasteiger partial charge in [-0.3, -0.25) is 0 Å². The van der Waals surface area contributed by atoms with Gasteiger partial charge >= 0.3 is 0 Å². The molecule has 0 radical (unpaired) electrons. The Kier molecular flexibility index (Phi) is 6.67. The number of ether oxygens (including phenoxy) is 1. The second kappa shape index (κ2) is 8.52. The summed E-state index contributed by atoms with van der Waals surface area (Å²) in [5.74, 6) is 0.477. The molecule has 1 saturated carbocycles. The standard InChI is InChI=1S/C20H28O3S/c1-16(2)20(23-14-13-18-7-5-4-6-8-18)15-24(21,22)19-11-9-17(3)10-12-19/h9-13H,4-8,14-15H2,1-3H3. The summed E-state index contributed by atoms with van der Waals surface area (Å²) in [6, 6.07) is 6.97. The van der Waals surface area contributed by atoms with Crippen molar-refractivity contribution in [1.82, 2.24) is 0 Å². The van der Waals surface area contributed by atoms with Gasteiger partial charge in [0.05, 0.1) is 4.90 Å². The van der Waals surface area contributed by atoms with Crippen molar-refractivity contribution in [2.24, 2.45) is 0 Å². The zero-order valence-corrected chi connectivity index (χ0v) is 15.8. The lowest BCUT2D eigenvalue weighted by Crippen LogP contribution is -2.12. The maximum atomic E-state index is 12.6. The Balaban J connectivity index is 2.03. The van der Waals surface area contributed by atoms with Crippen LogP contribution >= 0.6 is 0 Å². The first-order valence-corrected chi connectivity index (χ1v) is 10.3. The summed E-state index contributed by atoms with van der Waals surface area (Å²) in [6.45, 7) is 6.19. The highest BCUT2D eigenvalue weighted by Gasteiger charge is 2.18. The van der Waals surface area contributed by atoms with Crippen molar-refractivity contribution < 1.29 is 13.2 Å². The Bertz CT molecular complexity index is 698. The first-order valence-electron chi connectivity index (χ1n) is 8.65. The molecular formula is C20H28O3S. The predicted molar refractivity (Wildman–Crippen MR) is 98.7 cm³/mol. The minimum absolute atomic E-state index is 0.0818. The smallest absolute Gasteiger partial charge is 0.185 e. The zero-order valence-electron chi connectivity index (χ0n) is 15.0. The van der Waals surface area contributed by atoms with Gasteiger partial charge in [-0.25, -0.2) is 8.42 Å². The fourth-order valence-corrected chi connectivity index (χ4v) is 4.24. The summed E-state index contributed by atoms with van der Waals surface area (Å²) in [7, 11) is -3.38. The fourth-order valence-electron chi connectivity index (χ4n) is 2.80. The molecule has 1 aromatic rings. The van der Waals surface area contributed by atoms with Gasteiger partial charge in [-0.15, -0.1) is 0 Å². The molecule has 1 fully saturated rings. The Hall–Kier alpha value is -1.55. The van der Waals surface area contributed by atoms with Gasteiger partial charge in [0.25, 0.3) is 0 Å². The lowest BCUT2D eigenvalue weighted by molar-refractivity contribution is 0.245. The molecule has 0 N–H and O–H groups in total. The summed E-state index contributed by atoms with van der Waals surface area (Å²) < 4.78 is 31.0. The topological polar surface area (TPSA) is 43.4 Å². The van der Waals surface area contributed by atoms with Gasteiger partial charge in [0.1, 0.15) is 18.1 Å². The van der Waals surface area contributed by atoms with E-state index in [9.17, 15) is 8.42 Å². The van der Waals surface area contributed by atoms with Crippen molar-refractivity contribution in [3.63, 3.8) is 0 Å². The highest BCUT2D eigenvalue weighted by molar-refractivity contribution is 7.91. The summed E-state index contributed by atoms with van der Waals surface area (Å²) in [5, 5.41) is 0. The molecule has 3 nitrogen and oxygen atoms in total. The van der Waals surface area contributed by atoms with Crippen LogP contribution < -0.4 is 0 Å². The third-order valence-electron chi connectivity index (χ3n) is 4.38. The number of allylic oxidation sites excluding steroid dienone is 2. The number of aryl methyl sites for hydroxylation is 1. The normalized spacial score (nSPS) is 15.0. The van der Waals surface area contributed by atoms with Crippen LogP contribution in [-0.4, -0.2) is 20.8 Å². The van der Waals surface area contributed by atoms with Crippen LogP contribution in [0.3, 0.4) is 0 Å². The van der Waals surface area contributed by atoms with Gasteiger partial charge in [-0.2, -0.15) is 0 Å². The van der Waals surface area contributed by atoms with Gasteiger partial charge in [-0.05, 0) is 70.2 Å². The average Bonchev–Trinajstić information content (AvgIpc) is 2.55. The van der Waals surface area contributed by atoms with Crippen molar-refractivity contribution >= 4 is 9.84 Å². The molecule has 24 heavy (non-hydrogen) atoms. The molecule has 0 aliphatic heterocycles. The Morgan fingerprint density at radius 1 is 1.08 bits per heavy atom. The molecular weight excluding hydrogens is 320 g/mol. The molecule has 132 valence electrons. The van der Waals surface area contributed by atoms with Crippen LogP contribution in [0, 0.1) is 6.92 Å². The molecule has 1 aliphatic carbocycles. The monoisotopic (exact) mass is 348 g/mol. The number of sulfone groups is 1. The van der Waals surface area contributed by atoms with Crippen LogP contribution in [0.5, 0.6) is 0 Å². The van der Waals surface area contributed by atoms with Gasteiger partial charge in [-0.1, -0.05) is 29.7 Å². The van der Waals surface area contributed by atoms with E-state index in [-0.39, 0.29) is 5.75 Å². The summed E-state index contributed by atoms with van der Waals surface area (Å²) >= 11 is 0. The number of hydrogen-bond donors (Lipinski definition) is 0. The molecule has 0 unspecified atom stereocenters. The lowest BCUT2D eigenvalue weighted by atomic mass is 9.95. The number of hydrogen-bond acceptors (Lipinski definition) is 3. The van der Waals surface area contributed by atoms with Crippen LogP contribution in [0.1, 0.15) is 51.5 Å². The first-order chi connectivity index (χ1) is 11.4. The number of rotatable bonds is 6. The van der Waals surface area contributed by atoms with Crippen molar-refractivity contribution in [2.75, 3.05) is 12.4 Å². The maximum Gasteiger partial charge on any atom is 0.185 e. The van der Waals surface area contributed by atoms with E-state index < -0.39 is 9.84 Å². The minimum atomic E-state index is -3.38. The van der Waals surface area contributed by atoms with Crippen LogP contribution in [0.25, 0.3) is 0 Å². The predicted octanol–water partition coefficient (Wildman–Crippen LogP) is 4.97. The Morgan fingerprint density at radius 3 is 2.29 bits per heavy atom. The van der Waals surface area contributed by atoms with E-state index in [2.05, 4.69) is 6.08 Å². The quantitative estimate of drug-likeness (QED) is 0.538. The molecule has 0 bridgehead atoms. The fraction of sp³-hybridized carbons (Fsp3) is 0.500. The molecule has 0 atom stereocenters. The average molecular weight is 349 g/mol. The van der Waals surface area contributed by atoms with Crippen molar-refractivity contribution in [1.29, 1.82) is 0 Å². The van der Waals surface area contributed by atoms with Gasteiger partial charge in [0.2, 0.25) is 0 Å². The number of benzene rings is 1. The van der Waals surface area contributed by atoms with E-state index in [0.717, 1.165) is 24.0 Å². The summed E-state index contributed by atoms with van der Waals surface area (Å²) in [4.78, 5) is 0.348. The second-order valence-corrected chi connectivity index (χ2v) is 8.72. The van der Waals surface area contributed by atoms with Crippen LogP contribution in [-0.2, 0) is 14.6 Å². The lowest BCUT2D eigenvalue weighted by Gasteiger charge is -2.15. The van der Waals surface area contributed by atoms with E-state index in [4.69, 9.17) is 4.74 Å². The van der Waals surface area contributed by atoms with Gasteiger partial charge < -0.3 is 4.74 Å². The zero-order chi connectivity index (χ0) is 17.6. The second-order valence-electron chi connectivity index (χ2n) is 6.73.